The molecule has 6 nitrogen and oxygen atoms in total. The molecule has 0 aliphatic heterocycles. The Bertz CT molecular complexity index is 651. The lowest BCUT2D eigenvalue weighted by molar-refractivity contribution is -0.122. The third kappa shape index (κ3) is 6.19. The molecule has 23 heavy (non-hydrogen) atoms. The number of alkyl halides is 2. The Labute approximate surface area is 142 Å². The van der Waals surface area contributed by atoms with Crippen LogP contribution in [0.3, 0.4) is 0 Å². The maximum Gasteiger partial charge on any atom is 0.277 e. The van der Waals surface area contributed by atoms with Crippen LogP contribution in [0.4, 0.5) is 8.78 Å². The van der Waals surface area contributed by atoms with Crippen LogP contribution in [0.2, 0.25) is 10.0 Å². The molecule has 1 amide bonds. The third-order valence-electron chi connectivity index (χ3n) is 2.67. The van der Waals surface area contributed by atoms with E-state index in [1.165, 1.54) is 18.2 Å². The Balaban J connectivity index is 2.57. The normalized spacial score (nSPS) is 12.2. The lowest BCUT2D eigenvalue weighted by atomic mass is 10.3. The first-order valence-corrected chi connectivity index (χ1v) is 8.61. The summed E-state index contributed by atoms with van der Waals surface area (Å²) >= 11 is 11.6. The van der Waals surface area contributed by atoms with Gasteiger partial charge in [-0.15, -0.1) is 0 Å². The zero-order valence-corrected chi connectivity index (χ0v) is 14.1. The average molecular weight is 390 g/mol. The summed E-state index contributed by atoms with van der Waals surface area (Å²) in [7, 11) is -4.03. The Hall–Kier alpha value is -1.00. The van der Waals surface area contributed by atoms with E-state index in [1.807, 2.05) is 5.32 Å². The first-order chi connectivity index (χ1) is 10.6. The molecule has 0 unspecified atom stereocenters. The van der Waals surface area contributed by atoms with Gasteiger partial charge in [-0.25, -0.2) is 21.9 Å². The lowest BCUT2D eigenvalue weighted by Crippen LogP contribution is -2.42. The molecule has 0 atom stereocenters. The van der Waals surface area contributed by atoms with Crippen LogP contribution in [0.25, 0.3) is 0 Å². The number of hydrogen-bond donors (Lipinski definition) is 3. The van der Waals surface area contributed by atoms with Crippen molar-refractivity contribution in [2.45, 2.75) is 17.2 Å². The van der Waals surface area contributed by atoms with Gasteiger partial charge in [0.25, 0.3) is 5.92 Å². The van der Waals surface area contributed by atoms with Crippen molar-refractivity contribution in [3.8, 4) is 0 Å². The van der Waals surface area contributed by atoms with E-state index in [0.29, 0.717) is 0 Å². The summed E-state index contributed by atoms with van der Waals surface area (Å²) in [5.41, 5.74) is 4.82. The zero-order chi connectivity index (χ0) is 17.7. The number of benzene rings is 1. The Kier molecular flexibility index (Phi) is 7.15. The van der Waals surface area contributed by atoms with Gasteiger partial charge in [0.2, 0.25) is 15.9 Å². The molecule has 130 valence electrons. The van der Waals surface area contributed by atoms with Crippen LogP contribution in [0, 0.1) is 0 Å². The van der Waals surface area contributed by atoms with Gasteiger partial charge in [-0.1, -0.05) is 29.3 Å². The van der Waals surface area contributed by atoms with Crippen LogP contribution in [0.1, 0.15) is 6.42 Å². The minimum absolute atomic E-state index is 0.0722. The van der Waals surface area contributed by atoms with Crippen molar-refractivity contribution in [3.63, 3.8) is 0 Å². The Morgan fingerprint density at radius 1 is 1.26 bits per heavy atom. The first kappa shape index (κ1) is 20.0. The van der Waals surface area contributed by atoms with Gasteiger partial charge in [0, 0.05) is 13.0 Å². The van der Waals surface area contributed by atoms with Crippen LogP contribution in [0.15, 0.2) is 23.1 Å². The van der Waals surface area contributed by atoms with Gasteiger partial charge in [0.05, 0.1) is 23.1 Å². The molecule has 0 aliphatic rings. The molecule has 4 N–H and O–H groups in total. The van der Waals surface area contributed by atoms with E-state index in [-0.39, 0.29) is 27.9 Å². The molecule has 0 spiro atoms. The van der Waals surface area contributed by atoms with Crippen molar-refractivity contribution in [1.82, 2.24) is 10.0 Å². The highest BCUT2D eigenvalue weighted by molar-refractivity contribution is 7.89. The Morgan fingerprint density at radius 2 is 1.83 bits per heavy atom. The van der Waals surface area contributed by atoms with Crippen molar-refractivity contribution in [1.29, 1.82) is 0 Å². The van der Waals surface area contributed by atoms with E-state index in [4.69, 9.17) is 28.9 Å². The van der Waals surface area contributed by atoms with Crippen molar-refractivity contribution in [2.75, 3.05) is 19.6 Å². The standard InChI is InChI=1S/C12H15Cl2F2N3O3S/c13-8-2-1-3-9(14)11(8)23(21,22)19-5-4-10(20)18-7-12(15,16)6-17/h1-3,19H,4-7,17H2,(H,18,20). The number of rotatable bonds is 8. The number of sulfonamides is 1. The molecular formula is C12H15Cl2F2N3O3S. The summed E-state index contributed by atoms with van der Waals surface area (Å²) in [6.45, 7) is -2.11. The number of carbonyl (C=O) groups excluding carboxylic acids is 1. The van der Waals surface area contributed by atoms with E-state index in [0.717, 1.165) is 0 Å². The van der Waals surface area contributed by atoms with Gasteiger partial charge in [0.15, 0.2) is 0 Å². The monoisotopic (exact) mass is 389 g/mol. The second-order valence-electron chi connectivity index (χ2n) is 4.54. The summed E-state index contributed by atoms with van der Waals surface area (Å²) in [5, 5.41) is 1.82. The molecule has 11 heteroatoms. The predicted octanol–water partition coefficient (Wildman–Crippen LogP) is 1.37. The SMILES string of the molecule is NCC(F)(F)CNC(=O)CCNS(=O)(=O)c1c(Cl)cccc1Cl. The number of carbonyl (C=O) groups is 1. The molecular weight excluding hydrogens is 375 g/mol. The second kappa shape index (κ2) is 8.20. The predicted molar refractivity (Wildman–Crippen MR) is 83.3 cm³/mol. The van der Waals surface area contributed by atoms with Gasteiger partial charge in [-0.05, 0) is 12.1 Å². The highest BCUT2D eigenvalue weighted by atomic mass is 35.5. The Morgan fingerprint density at radius 3 is 2.35 bits per heavy atom. The highest BCUT2D eigenvalue weighted by Crippen LogP contribution is 2.28. The lowest BCUT2D eigenvalue weighted by Gasteiger charge is -2.14. The van der Waals surface area contributed by atoms with Crippen molar-refractivity contribution >= 4 is 39.1 Å². The molecule has 0 saturated carbocycles. The van der Waals surface area contributed by atoms with Crippen LogP contribution >= 0.6 is 23.2 Å². The highest BCUT2D eigenvalue weighted by Gasteiger charge is 2.27. The quantitative estimate of drug-likeness (QED) is 0.624. The third-order valence-corrected chi connectivity index (χ3v) is 5.09. The molecule has 1 rings (SSSR count). The van der Waals surface area contributed by atoms with E-state index < -0.39 is 34.9 Å². The maximum atomic E-state index is 12.9. The summed E-state index contributed by atoms with van der Waals surface area (Å²) < 4.78 is 52.0. The number of nitrogens with one attached hydrogen (secondary N) is 2. The van der Waals surface area contributed by atoms with Crippen molar-refractivity contribution in [3.05, 3.63) is 28.2 Å². The van der Waals surface area contributed by atoms with Gasteiger partial charge in [-0.3, -0.25) is 4.79 Å². The van der Waals surface area contributed by atoms with E-state index >= 15 is 0 Å². The molecule has 1 aromatic rings. The molecule has 0 radical (unpaired) electrons. The number of halogens is 4. The molecule has 1 aromatic carbocycles. The van der Waals surface area contributed by atoms with Crippen molar-refractivity contribution < 1.29 is 22.0 Å². The fourth-order valence-corrected chi connectivity index (χ4v) is 3.67. The maximum absolute atomic E-state index is 12.9. The van der Waals surface area contributed by atoms with Gasteiger partial charge < -0.3 is 11.1 Å². The summed E-state index contributed by atoms with van der Waals surface area (Å²) in [6.07, 6.45) is -0.331. The number of nitrogens with two attached hydrogens (primary N) is 1. The van der Waals surface area contributed by atoms with Crippen LogP contribution in [0.5, 0.6) is 0 Å². The van der Waals surface area contributed by atoms with Gasteiger partial charge in [-0.2, -0.15) is 0 Å². The van der Waals surface area contributed by atoms with E-state index in [2.05, 4.69) is 4.72 Å². The fraction of sp³-hybridized carbons (Fsp3) is 0.417. The van der Waals surface area contributed by atoms with Gasteiger partial charge >= 0.3 is 0 Å². The summed E-state index contributed by atoms with van der Waals surface area (Å²) in [5.74, 6) is -3.95. The topological polar surface area (TPSA) is 101 Å². The van der Waals surface area contributed by atoms with Crippen LogP contribution < -0.4 is 15.8 Å². The molecule has 0 aromatic heterocycles. The molecule has 0 saturated heterocycles. The summed E-state index contributed by atoms with van der Waals surface area (Å²) in [4.78, 5) is 11.1. The minimum atomic E-state index is -4.03. The van der Waals surface area contributed by atoms with Crippen LogP contribution in [-0.2, 0) is 14.8 Å². The average Bonchev–Trinajstić information content (AvgIpc) is 2.44. The largest absolute Gasteiger partial charge is 0.350 e. The summed E-state index contributed by atoms with van der Waals surface area (Å²) in [6, 6.07) is 4.18. The fourth-order valence-electron chi connectivity index (χ4n) is 1.50. The molecule has 0 bridgehead atoms. The zero-order valence-electron chi connectivity index (χ0n) is 11.8. The number of amides is 1. The second-order valence-corrected chi connectivity index (χ2v) is 7.05. The molecule has 0 aliphatic carbocycles. The first-order valence-electron chi connectivity index (χ1n) is 6.37. The van der Waals surface area contributed by atoms with Crippen LogP contribution in [-0.4, -0.2) is 39.9 Å². The van der Waals surface area contributed by atoms with Gasteiger partial charge in [0.1, 0.15) is 4.90 Å². The van der Waals surface area contributed by atoms with Crippen molar-refractivity contribution in [2.24, 2.45) is 5.73 Å². The number of hydrogen-bond acceptors (Lipinski definition) is 4. The molecule has 0 fully saturated rings. The minimum Gasteiger partial charge on any atom is -0.350 e. The van der Waals surface area contributed by atoms with E-state index in [1.54, 1.807) is 0 Å². The van der Waals surface area contributed by atoms with E-state index in [9.17, 15) is 22.0 Å². The smallest absolute Gasteiger partial charge is 0.277 e. The molecule has 0 heterocycles.